The quantitative estimate of drug-likeness (QED) is 0.595. The van der Waals surface area contributed by atoms with Crippen LogP contribution in [-0.4, -0.2) is 6.29 Å². The molecule has 0 saturated carbocycles. The molecule has 11 heavy (non-hydrogen) atoms. The lowest BCUT2D eigenvalue weighted by molar-refractivity contribution is 0.112. The molecule has 1 aromatic carbocycles. The molecule has 0 aliphatic heterocycles. The van der Waals surface area contributed by atoms with Gasteiger partial charge < -0.3 is 0 Å². The van der Waals surface area contributed by atoms with E-state index in [0.29, 0.717) is 11.8 Å². The molecule has 0 radical (unpaired) electrons. The Morgan fingerprint density at radius 3 is 2.73 bits per heavy atom. The molecule has 0 aromatic heterocycles. The predicted molar refractivity (Wildman–Crippen MR) is 41.5 cm³/mol. The number of benzene rings is 1. The summed E-state index contributed by atoms with van der Waals surface area (Å²) in [5.41, 5.74) is 0.635. The summed E-state index contributed by atoms with van der Waals surface area (Å²) < 4.78 is 12.9. The van der Waals surface area contributed by atoms with E-state index in [0.717, 1.165) is 0 Å². The van der Waals surface area contributed by atoms with Gasteiger partial charge in [0.25, 0.3) is 0 Å². The SMILES string of the molecule is Cc1ccc(C=O)c(F)c1Cl. The summed E-state index contributed by atoms with van der Waals surface area (Å²) >= 11 is 5.53. The number of halogens is 2. The fraction of sp³-hybridized carbons (Fsp3) is 0.125. The zero-order chi connectivity index (χ0) is 8.43. The number of aryl methyl sites for hydroxylation is 1. The number of hydrogen-bond donors (Lipinski definition) is 0. The number of aldehydes is 1. The maximum atomic E-state index is 12.9. The highest BCUT2D eigenvalue weighted by Gasteiger charge is 2.07. The van der Waals surface area contributed by atoms with Crippen LogP contribution in [0.5, 0.6) is 0 Å². The Kier molecular flexibility index (Phi) is 2.25. The monoisotopic (exact) mass is 172 g/mol. The van der Waals surface area contributed by atoms with Crippen molar-refractivity contribution >= 4 is 17.9 Å². The fourth-order valence-corrected chi connectivity index (χ4v) is 0.924. The smallest absolute Gasteiger partial charge is 0.153 e. The van der Waals surface area contributed by atoms with E-state index >= 15 is 0 Å². The third-order valence-corrected chi connectivity index (χ3v) is 1.90. The highest BCUT2D eigenvalue weighted by atomic mass is 35.5. The van der Waals surface area contributed by atoms with Crippen LogP contribution in [0.1, 0.15) is 15.9 Å². The first-order valence-electron chi connectivity index (χ1n) is 3.06. The van der Waals surface area contributed by atoms with Gasteiger partial charge in [0.15, 0.2) is 12.1 Å². The molecule has 0 saturated heterocycles. The van der Waals surface area contributed by atoms with Gasteiger partial charge in [0, 0.05) is 0 Å². The summed E-state index contributed by atoms with van der Waals surface area (Å²) in [7, 11) is 0. The summed E-state index contributed by atoms with van der Waals surface area (Å²) in [5, 5.41) is 0.0228. The summed E-state index contributed by atoms with van der Waals surface area (Å²) in [6.07, 6.45) is 0.445. The third kappa shape index (κ3) is 1.40. The van der Waals surface area contributed by atoms with Crippen molar-refractivity contribution in [2.75, 3.05) is 0 Å². The van der Waals surface area contributed by atoms with Gasteiger partial charge in [0.05, 0.1) is 10.6 Å². The van der Waals surface area contributed by atoms with Gasteiger partial charge in [0.1, 0.15) is 0 Å². The van der Waals surface area contributed by atoms with Crippen LogP contribution in [0.25, 0.3) is 0 Å². The molecule has 1 aromatic rings. The Balaban J connectivity index is 3.36. The van der Waals surface area contributed by atoms with Crippen LogP contribution in [0.15, 0.2) is 12.1 Å². The average Bonchev–Trinajstić information content (AvgIpc) is 2.01. The van der Waals surface area contributed by atoms with Crippen molar-refractivity contribution in [1.82, 2.24) is 0 Å². The molecule has 0 unspecified atom stereocenters. The van der Waals surface area contributed by atoms with Crippen molar-refractivity contribution in [3.8, 4) is 0 Å². The van der Waals surface area contributed by atoms with Crippen LogP contribution >= 0.6 is 11.6 Å². The van der Waals surface area contributed by atoms with E-state index in [1.54, 1.807) is 13.0 Å². The second kappa shape index (κ2) is 3.01. The lowest BCUT2D eigenvalue weighted by Gasteiger charge is -1.99. The molecule has 0 N–H and O–H groups in total. The van der Waals surface area contributed by atoms with Gasteiger partial charge in [-0.05, 0) is 18.6 Å². The van der Waals surface area contributed by atoms with Crippen molar-refractivity contribution in [3.63, 3.8) is 0 Å². The van der Waals surface area contributed by atoms with Crippen molar-refractivity contribution in [1.29, 1.82) is 0 Å². The maximum absolute atomic E-state index is 12.9. The minimum atomic E-state index is -0.637. The van der Waals surface area contributed by atoms with Crippen molar-refractivity contribution < 1.29 is 9.18 Å². The minimum absolute atomic E-state index is 0.000556. The van der Waals surface area contributed by atoms with Gasteiger partial charge in [-0.3, -0.25) is 4.79 Å². The van der Waals surface area contributed by atoms with Crippen LogP contribution in [-0.2, 0) is 0 Å². The standard InChI is InChI=1S/C8H6ClFO/c1-5-2-3-6(4-11)8(10)7(5)9/h2-4H,1H3. The van der Waals surface area contributed by atoms with E-state index in [2.05, 4.69) is 0 Å². The van der Waals surface area contributed by atoms with Gasteiger partial charge in [0.2, 0.25) is 0 Å². The molecule has 1 nitrogen and oxygen atoms in total. The molecule has 3 heteroatoms. The highest BCUT2D eigenvalue weighted by molar-refractivity contribution is 6.31. The van der Waals surface area contributed by atoms with E-state index in [9.17, 15) is 9.18 Å². The Bertz CT molecular complexity index is 296. The van der Waals surface area contributed by atoms with Gasteiger partial charge >= 0.3 is 0 Å². The zero-order valence-corrected chi connectivity index (χ0v) is 6.65. The van der Waals surface area contributed by atoms with Crippen LogP contribution in [0.3, 0.4) is 0 Å². The largest absolute Gasteiger partial charge is 0.298 e. The van der Waals surface area contributed by atoms with Crippen molar-refractivity contribution in [2.24, 2.45) is 0 Å². The zero-order valence-electron chi connectivity index (χ0n) is 5.90. The molecule has 0 fully saturated rings. The Morgan fingerprint density at radius 1 is 1.55 bits per heavy atom. The molecule has 0 heterocycles. The molecule has 58 valence electrons. The first kappa shape index (κ1) is 8.21. The van der Waals surface area contributed by atoms with Crippen LogP contribution in [0, 0.1) is 12.7 Å². The van der Waals surface area contributed by atoms with E-state index in [-0.39, 0.29) is 10.6 Å². The van der Waals surface area contributed by atoms with E-state index in [1.165, 1.54) is 6.07 Å². The molecule has 1 rings (SSSR count). The van der Waals surface area contributed by atoms with Crippen LogP contribution < -0.4 is 0 Å². The third-order valence-electron chi connectivity index (χ3n) is 1.43. The topological polar surface area (TPSA) is 17.1 Å². The number of hydrogen-bond acceptors (Lipinski definition) is 1. The summed E-state index contributed by atoms with van der Waals surface area (Å²) in [4.78, 5) is 10.2. The van der Waals surface area contributed by atoms with E-state index in [1.807, 2.05) is 0 Å². The highest BCUT2D eigenvalue weighted by Crippen LogP contribution is 2.20. The second-order valence-corrected chi connectivity index (χ2v) is 2.60. The number of carbonyl (C=O) groups excluding carboxylic acids is 1. The second-order valence-electron chi connectivity index (χ2n) is 2.22. The average molecular weight is 173 g/mol. The molecule has 0 aliphatic rings. The van der Waals surface area contributed by atoms with Gasteiger partial charge in [-0.25, -0.2) is 4.39 Å². The van der Waals surface area contributed by atoms with Gasteiger partial charge in [-0.2, -0.15) is 0 Å². The van der Waals surface area contributed by atoms with Gasteiger partial charge in [-0.15, -0.1) is 0 Å². The molecule has 0 aliphatic carbocycles. The van der Waals surface area contributed by atoms with Crippen molar-refractivity contribution in [2.45, 2.75) is 6.92 Å². The summed E-state index contributed by atoms with van der Waals surface area (Å²) in [5.74, 6) is -0.637. The molecule has 0 bridgehead atoms. The molecule has 0 atom stereocenters. The maximum Gasteiger partial charge on any atom is 0.153 e. The lowest BCUT2D eigenvalue weighted by atomic mass is 10.1. The number of rotatable bonds is 1. The Morgan fingerprint density at radius 2 is 2.18 bits per heavy atom. The Hall–Kier alpha value is -0.890. The van der Waals surface area contributed by atoms with E-state index < -0.39 is 5.82 Å². The lowest BCUT2D eigenvalue weighted by Crippen LogP contribution is -1.90. The van der Waals surface area contributed by atoms with Crippen LogP contribution in [0.2, 0.25) is 5.02 Å². The normalized spacial score (nSPS) is 9.73. The van der Waals surface area contributed by atoms with E-state index in [4.69, 9.17) is 11.6 Å². The van der Waals surface area contributed by atoms with Crippen LogP contribution in [0.4, 0.5) is 4.39 Å². The predicted octanol–water partition coefficient (Wildman–Crippen LogP) is 2.60. The molecule has 0 amide bonds. The summed E-state index contributed by atoms with van der Waals surface area (Å²) in [6, 6.07) is 3.01. The van der Waals surface area contributed by atoms with Crippen molar-refractivity contribution in [3.05, 3.63) is 34.1 Å². The summed E-state index contributed by atoms with van der Waals surface area (Å²) in [6.45, 7) is 1.68. The molecular formula is C8H6ClFO. The number of carbonyl (C=O) groups is 1. The molecule has 0 spiro atoms. The first-order chi connectivity index (χ1) is 5.16. The van der Waals surface area contributed by atoms with Gasteiger partial charge in [-0.1, -0.05) is 17.7 Å². The Labute approximate surface area is 68.8 Å². The minimum Gasteiger partial charge on any atom is -0.298 e. The molecular weight excluding hydrogens is 167 g/mol. The first-order valence-corrected chi connectivity index (χ1v) is 3.44. The fourth-order valence-electron chi connectivity index (χ4n) is 0.752.